The topological polar surface area (TPSA) is 47.3 Å². The number of aromatic nitrogens is 3. The molecule has 0 N–H and O–H groups in total. The van der Waals surface area contributed by atoms with E-state index < -0.39 is 0 Å². The van der Waals surface area contributed by atoms with Gasteiger partial charge >= 0.3 is 0 Å². The first-order valence-electron chi connectivity index (χ1n) is 5.10. The molecule has 0 aromatic carbocycles. The Bertz CT molecular complexity index is 540. The maximum absolute atomic E-state index is 11.3. The van der Waals surface area contributed by atoms with Crippen LogP contribution in [-0.4, -0.2) is 20.4 Å². The monoisotopic (exact) mass is 201 g/mol. The lowest BCUT2D eigenvalue weighted by Gasteiger charge is -1.98. The van der Waals surface area contributed by atoms with Gasteiger partial charge in [-0.25, -0.2) is 9.50 Å². The molecule has 3 rings (SSSR count). The van der Waals surface area contributed by atoms with Crippen molar-refractivity contribution in [3.05, 3.63) is 29.7 Å². The molecule has 0 radical (unpaired) electrons. The second-order valence-electron chi connectivity index (χ2n) is 4.04. The number of rotatable bonds is 2. The molecule has 2 heterocycles. The molecule has 2 aromatic heterocycles. The van der Waals surface area contributed by atoms with Crippen molar-refractivity contribution in [1.82, 2.24) is 14.6 Å². The van der Waals surface area contributed by atoms with Gasteiger partial charge in [0.1, 0.15) is 0 Å². The van der Waals surface area contributed by atoms with Gasteiger partial charge in [0, 0.05) is 12.4 Å². The molecule has 76 valence electrons. The zero-order valence-electron chi connectivity index (χ0n) is 8.47. The van der Waals surface area contributed by atoms with E-state index >= 15 is 0 Å². The first-order valence-corrected chi connectivity index (χ1v) is 5.10. The molecule has 4 nitrogen and oxygen atoms in total. The van der Waals surface area contributed by atoms with Crippen LogP contribution < -0.4 is 0 Å². The van der Waals surface area contributed by atoms with Gasteiger partial charge in [0.2, 0.25) is 0 Å². The molecule has 0 saturated heterocycles. The first-order chi connectivity index (χ1) is 7.25. The molecule has 1 fully saturated rings. The molecule has 0 aliphatic heterocycles. The van der Waals surface area contributed by atoms with Gasteiger partial charge in [-0.05, 0) is 31.2 Å². The van der Waals surface area contributed by atoms with E-state index in [1.807, 2.05) is 12.4 Å². The van der Waals surface area contributed by atoms with Crippen molar-refractivity contribution < 1.29 is 4.79 Å². The molecular weight excluding hydrogens is 190 g/mol. The molecule has 0 unspecified atom stereocenters. The van der Waals surface area contributed by atoms with E-state index in [4.69, 9.17) is 0 Å². The summed E-state index contributed by atoms with van der Waals surface area (Å²) in [5, 5.41) is 4.14. The Morgan fingerprint density at radius 3 is 2.93 bits per heavy atom. The van der Waals surface area contributed by atoms with Crippen LogP contribution in [0, 0.1) is 0 Å². The van der Waals surface area contributed by atoms with E-state index in [0.29, 0.717) is 17.1 Å². The standard InChI is InChI=1S/C11H11N3O/c1-7(15)10-5-13-14-6-9(8-2-3-8)4-12-11(10)14/h4-6,8H,2-3H2,1H3. The van der Waals surface area contributed by atoms with Gasteiger partial charge in [0.25, 0.3) is 0 Å². The second-order valence-corrected chi connectivity index (χ2v) is 4.04. The van der Waals surface area contributed by atoms with Gasteiger partial charge < -0.3 is 0 Å². The first kappa shape index (κ1) is 8.59. The lowest BCUT2D eigenvalue weighted by molar-refractivity contribution is 0.101. The van der Waals surface area contributed by atoms with Crippen molar-refractivity contribution in [3.8, 4) is 0 Å². The highest BCUT2D eigenvalue weighted by molar-refractivity contribution is 5.99. The average Bonchev–Trinajstić information content (AvgIpc) is 2.97. The van der Waals surface area contributed by atoms with Crippen LogP contribution in [0.25, 0.3) is 5.65 Å². The van der Waals surface area contributed by atoms with Gasteiger partial charge in [-0.2, -0.15) is 5.10 Å². The fraction of sp³-hybridized carbons (Fsp3) is 0.364. The van der Waals surface area contributed by atoms with Crippen molar-refractivity contribution in [1.29, 1.82) is 0 Å². The van der Waals surface area contributed by atoms with Gasteiger partial charge in [-0.15, -0.1) is 0 Å². The third-order valence-corrected chi connectivity index (χ3v) is 2.80. The number of ketones is 1. The maximum atomic E-state index is 11.3. The van der Waals surface area contributed by atoms with Crippen LogP contribution in [0.4, 0.5) is 0 Å². The molecule has 1 aliphatic carbocycles. The highest BCUT2D eigenvalue weighted by Gasteiger charge is 2.24. The molecule has 0 bridgehead atoms. The van der Waals surface area contributed by atoms with Crippen LogP contribution in [0.3, 0.4) is 0 Å². The summed E-state index contributed by atoms with van der Waals surface area (Å²) in [7, 11) is 0. The van der Waals surface area contributed by atoms with Crippen LogP contribution in [-0.2, 0) is 0 Å². The quantitative estimate of drug-likeness (QED) is 0.696. The number of carbonyl (C=O) groups excluding carboxylic acids is 1. The lowest BCUT2D eigenvalue weighted by atomic mass is 10.2. The van der Waals surface area contributed by atoms with Gasteiger partial charge in [0.15, 0.2) is 11.4 Å². The van der Waals surface area contributed by atoms with Crippen LogP contribution in [0.1, 0.15) is 41.6 Å². The number of Topliss-reactive ketones (excluding diaryl/α,β-unsaturated/α-hetero) is 1. The summed E-state index contributed by atoms with van der Waals surface area (Å²) in [6, 6.07) is 0. The minimum absolute atomic E-state index is 0.0108. The third-order valence-electron chi connectivity index (χ3n) is 2.80. The van der Waals surface area contributed by atoms with E-state index in [9.17, 15) is 4.79 Å². The highest BCUT2D eigenvalue weighted by atomic mass is 16.1. The average molecular weight is 201 g/mol. The van der Waals surface area contributed by atoms with Gasteiger partial charge in [-0.1, -0.05) is 0 Å². The van der Waals surface area contributed by atoms with E-state index in [1.54, 1.807) is 10.7 Å². The fourth-order valence-electron chi connectivity index (χ4n) is 1.76. The van der Waals surface area contributed by atoms with E-state index in [-0.39, 0.29) is 5.78 Å². The van der Waals surface area contributed by atoms with Crippen LogP contribution in [0.2, 0.25) is 0 Å². The molecule has 4 heteroatoms. The normalized spacial score (nSPS) is 15.8. The third kappa shape index (κ3) is 1.33. The molecule has 0 spiro atoms. The summed E-state index contributed by atoms with van der Waals surface area (Å²) in [5.41, 5.74) is 2.48. The zero-order valence-corrected chi connectivity index (χ0v) is 8.47. The Morgan fingerprint density at radius 2 is 2.27 bits per heavy atom. The van der Waals surface area contributed by atoms with Crippen LogP contribution >= 0.6 is 0 Å². The number of fused-ring (bicyclic) bond motifs is 1. The summed E-state index contributed by atoms with van der Waals surface area (Å²) < 4.78 is 1.70. The van der Waals surface area contributed by atoms with Crippen molar-refractivity contribution in [2.45, 2.75) is 25.7 Å². The van der Waals surface area contributed by atoms with Gasteiger partial charge in [0.05, 0.1) is 11.8 Å². The minimum Gasteiger partial charge on any atom is -0.294 e. The number of carbonyl (C=O) groups is 1. The SMILES string of the molecule is CC(=O)c1cnn2cc(C3CC3)cnc12. The summed E-state index contributed by atoms with van der Waals surface area (Å²) in [6.45, 7) is 1.54. The summed E-state index contributed by atoms with van der Waals surface area (Å²) in [5.74, 6) is 0.670. The molecule has 1 saturated carbocycles. The smallest absolute Gasteiger partial charge is 0.165 e. The molecule has 15 heavy (non-hydrogen) atoms. The number of hydrogen-bond acceptors (Lipinski definition) is 3. The highest BCUT2D eigenvalue weighted by Crippen LogP contribution is 2.39. The fourth-order valence-corrected chi connectivity index (χ4v) is 1.76. The largest absolute Gasteiger partial charge is 0.294 e. The minimum atomic E-state index is 0.0108. The zero-order chi connectivity index (χ0) is 10.4. The molecule has 0 atom stereocenters. The molecule has 1 aliphatic rings. The maximum Gasteiger partial charge on any atom is 0.165 e. The van der Waals surface area contributed by atoms with Crippen molar-refractivity contribution in [2.75, 3.05) is 0 Å². The Kier molecular flexibility index (Phi) is 1.65. The Balaban J connectivity index is 2.17. The predicted molar refractivity (Wildman–Crippen MR) is 55.0 cm³/mol. The van der Waals surface area contributed by atoms with E-state index in [2.05, 4.69) is 10.1 Å². The Hall–Kier alpha value is -1.71. The summed E-state index contributed by atoms with van der Waals surface area (Å²) >= 11 is 0. The molecular formula is C11H11N3O. The van der Waals surface area contributed by atoms with E-state index in [1.165, 1.54) is 25.3 Å². The second kappa shape index (κ2) is 2.89. The number of nitrogens with zero attached hydrogens (tertiary/aromatic N) is 3. The van der Waals surface area contributed by atoms with Crippen molar-refractivity contribution in [2.24, 2.45) is 0 Å². The summed E-state index contributed by atoms with van der Waals surface area (Å²) in [4.78, 5) is 15.6. The van der Waals surface area contributed by atoms with Crippen LogP contribution in [0.15, 0.2) is 18.6 Å². The van der Waals surface area contributed by atoms with Crippen LogP contribution in [0.5, 0.6) is 0 Å². The molecule has 2 aromatic rings. The summed E-state index contributed by atoms with van der Waals surface area (Å²) in [6.07, 6.45) is 7.91. The molecule has 0 amide bonds. The Labute approximate surface area is 86.9 Å². The van der Waals surface area contributed by atoms with E-state index in [0.717, 1.165) is 0 Å². The Morgan fingerprint density at radius 1 is 1.47 bits per heavy atom. The predicted octanol–water partition coefficient (Wildman–Crippen LogP) is 1.81. The van der Waals surface area contributed by atoms with Gasteiger partial charge in [-0.3, -0.25) is 4.79 Å². The number of hydrogen-bond donors (Lipinski definition) is 0. The lowest BCUT2D eigenvalue weighted by Crippen LogP contribution is -1.96. The van der Waals surface area contributed by atoms with Crippen molar-refractivity contribution in [3.63, 3.8) is 0 Å². The van der Waals surface area contributed by atoms with Crippen molar-refractivity contribution >= 4 is 11.4 Å².